The number of hydrogen-bond acceptors (Lipinski definition) is 4. The Hall–Kier alpha value is -0.940. The maximum atomic E-state index is 5.94. The summed E-state index contributed by atoms with van der Waals surface area (Å²) in [7, 11) is 1.85. The number of likely N-dealkylation sites (N-methyl/N-ethyl adjacent to an activating group) is 1. The van der Waals surface area contributed by atoms with Crippen molar-refractivity contribution in [2.24, 2.45) is 0 Å². The van der Waals surface area contributed by atoms with Crippen LogP contribution < -0.4 is 5.32 Å². The Morgan fingerprint density at radius 3 is 2.75 bits per heavy atom. The third-order valence-corrected chi connectivity index (χ3v) is 4.46. The highest BCUT2D eigenvalue weighted by Crippen LogP contribution is 2.36. The molecule has 0 aliphatic heterocycles. The van der Waals surface area contributed by atoms with Crippen molar-refractivity contribution in [3.05, 3.63) is 12.2 Å². The molecule has 1 heterocycles. The number of nitrogens with zero attached hydrogens (tertiary/aromatic N) is 3. The van der Waals surface area contributed by atoms with Crippen molar-refractivity contribution in [2.75, 3.05) is 13.7 Å². The molecule has 1 fully saturated rings. The molecule has 1 aromatic rings. The fourth-order valence-corrected chi connectivity index (χ4v) is 3.39. The molecule has 0 saturated heterocycles. The predicted octanol–water partition coefficient (Wildman–Crippen LogP) is 2.17. The lowest BCUT2D eigenvalue weighted by Crippen LogP contribution is -2.52. The van der Waals surface area contributed by atoms with Gasteiger partial charge in [0.15, 0.2) is 0 Å². The van der Waals surface area contributed by atoms with Gasteiger partial charge in [-0.3, -0.25) is 4.68 Å². The van der Waals surface area contributed by atoms with Crippen LogP contribution in [-0.2, 0) is 17.7 Å². The first-order chi connectivity index (χ1) is 9.75. The molecule has 1 atom stereocenters. The fraction of sp³-hybridized carbons (Fsp3) is 0.867. The average Bonchev–Trinajstić information content (AvgIpc) is 3.09. The normalized spacial score (nSPS) is 19.4. The van der Waals surface area contributed by atoms with Gasteiger partial charge >= 0.3 is 0 Å². The number of hydrogen-bond donors (Lipinski definition) is 1. The number of rotatable bonds is 8. The quantitative estimate of drug-likeness (QED) is 0.793. The summed E-state index contributed by atoms with van der Waals surface area (Å²) in [5, 5.41) is 7.95. The van der Waals surface area contributed by atoms with Gasteiger partial charge in [-0.2, -0.15) is 5.10 Å². The van der Waals surface area contributed by atoms with Crippen LogP contribution in [0.15, 0.2) is 6.33 Å². The van der Waals surface area contributed by atoms with Crippen LogP contribution in [-0.4, -0.2) is 40.1 Å². The fourth-order valence-electron chi connectivity index (χ4n) is 3.39. The molecule has 0 amide bonds. The maximum Gasteiger partial charge on any atom is 0.138 e. The van der Waals surface area contributed by atoms with Gasteiger partial charge in [-0.25, -0.2) is 4.98 Å². The molecule has 1 aromatic heterocycles. The number of methoxy groups -OCH3 is 1. The van der Waals surface area contributed by atoms with E-state index in [4.69, 9.17) is 4.74 Å². The van der Waals surface area contributed by atoms with Gasteiger partial charge in [0.1, 0.15) is 12.2 Å². The van der Waals surface area contributed by atoms with E-state index in [2.05, 4.69) is 29.2 Å². The van der Waals surface area contributed by atoms with E-state index in [9.17, 15) is 0 Å². The van der Waals surface area contributed by atoms with E-state index in [0.29, 0.717) is 6.04 Å². The minimum absolute atomic E-state index is 0.0288. The van der Waals surface area contributed by atoms with Crippen molar-refractivity contribution in [3.8, 4) is 0 Å². The monoisotopic (exact) mass is 280 g/mol. The second kappa shape index (κ2) is 7.18. The van der Waals surface area contributed by atoms with Crippen LogP contribution in [0.25, 0.3) is 0 Å². The van der Waals surface area contributed by atoms with E-state index in [0.717, 1.165) is 44.6 Å². The highest BCUT2D eigenvalue weighted by Gasteiger charge is 2.41. The van der Waals surface area contributed by atoms with Crippen molar-refractivity contribution >= 4 is 0 Å². The Bertz CT molecular complexity index is 398. The summed E-state index contributed by atoms with van der Waals surface area (Å²) in [6, 6.07) is 0.319. The molecular formula is C15H28N4O. The summed E-state index contributed by atoms with van der Waals surface area (Å²) in [6.45, 7) is 6.22. The highest BCUT2D eigenvalue weighted by atomic mass is 16.5. The van der Waals surface area contributed by atoms with Gasteiger partial charge in [0.25, 0.3) is 0 Å². The van der Waals surface area contributed by atoms with E-state index in [1.165, 1.54) is 12.8 Å². The first-order valence-corrected chi connectivity index (χ1v) is 7.91. The first kappa shape index (κ1) is 15.4. The van der Waals surface area contributed by atoms with E-state index in [1.807, 2.05) is 11.8 Å². The first-order valence-electron chi connectivity index (χ1n) is 7.91. The molecule has 1 unspecified atom stereocenters. The van der Waals surface area contributed by atoms with Crippen LogP contribution in [0.4, 0.5) is 0 Å². The smallest absolute Gasteiger partial charge is 0.138 e. The number of nitrogens with one attached hydrogen (secondary N) is 1. The number of aromatic nitrogens is 3. The van der Waals surface area contributed by atoms with Gasteiger partial charge in [-0.15, -0.1) is 0 Å². The zero-order valence-corrected chi connectivity index (χ0v) is 13.1. The largest absolute Gasteiger partial charge is 0.377 e. The van der Waals surface area contributed by atoms with Gasteiger partial charge in [0, 0.05) is 26.1 Å². The topological polar surface area (TPSA) is 52.0 Å². The minimum Gasteiger partial charge on any atom is -0.377 e. The van der Waals surface area contributed by atoms with Crippen molar-refractivity contribution in [2.45, 2.75) is 70.6 Å². The van der Waals surface area contributed by atoms with E-state index in [1.54, 1.807) is 6.33 Å². The van der Waals surface area contributed by atoms with Crippen LogP contribution in [0.2, 0.25) is 0 Å². The Labute approximate surface area is 122 Å². The zero-order chi connectivity index (χ0) is 14.4. The maximum absolute atomic E-state index is 5.94. The number of ether oxygens (including phenoxy) is 1. The van der Waals surface area contributed by atoms with Gasteiger partial charge in [-0.05, 0) is 25.8 Å². The average molecular weight is 280 g/mol. The van der Waals surface area contributed by atoms with Crippen molar-refractivity contribution < 1.29 is 4.74 Å². The Kier molecular flexibility index (Phi) is 5.54. The van der Waals surface area contributed by atoms with E-state index >= 15 is 0 Å². The molecule has 0 bridgehead atoms. The molecule has 5 heteroatoms. The lowest BCUT2D eigenvalue weighted by Gasteiger charge is -2.36. The molecule has 20 heavy (non-hydrogen) atoms. The summed E-state index contributed by atoms with van der Waals surface area (Å²) in [4.78, 5) is 4.45. The lowest BCUT2D eigenvalue weighted by molar-refractivity contribution is -0.0358. The molecule has 1 aliphatic carbocycles. The third kappa shape index (κ3) is 3.20. The second-order valence-electron chi connectivity index (χ2n) is 5.69. The van der Waals surface area contributed by atoms with Gasteiger partial charge in [0.2, 0.25) is 0 Å². The molecule has 1 aliphatic rings. The van der Waals surface area contributed by atoms with Gasteiger partial charge in [0.05, 0.1) is 5.60 Å². The molecule has 0 aromatic carbocycles. The van der Waals surface area contributed by atoms with Crippen molar-refractivity contribution in [3.63, 3.8) is 0 Å². The van der Waals surface area contributed by atoms with Crippen molar-refractivity contribution in [1.29, 1.82) is 0 Å². The molecule has 114 valence electrons. The molecule has 1 saturated carbocycles. The molecular weight excluding hydrogens is 252 g/mol. The Morgan fingerprint density at radius 2 is 2.15 bits per heavy atom. The summed E-state index contributed by atoms with van der Waals surface area (Å²) >= 11 is 0. The SMILES string of the molecule is CCCn1ncnc1CC(NCC)C1(OC)CCCC1. The van der Waals surface area contributed by atoms with Crippen LogP contribution in [0.5, 0.6) is 0 Å². The number of aryl methyl sites for hydroxylation is 1. The van der Waals surface area contributed by atoms with Crippen LogP contribution in [0, 0.1) is 0 Å². The molecule has 0 spiro atoms. The Balaban J connectivity index is 2.14. The van der Waals surface area contributed by atoms with Gasteiger partial charge < -0.3 is 10.1 Å². The summed E-state index contributed by atoms with van der Waals surface area (Å²) in [6.07, 6.45) is 8.45. The van der Waals surface area contributed by atoms with Gasteiger partial charge in [-0.1, -0.05) is 26.7 Å². The molecule has 0 radical (unpaired) electrons. The predicted molar refractivity (Wildman–Crippen MR) is 79.7 cm³/mol. The van der Waals surface area contributed by atoms with E-state index in [-0.39, 0.29) is 5.60 Å². The molecule has 1 N–H and O–H groups in total. The zero-order valence-electron chi connectivity index (χ0n) is 13.1. The second-order valence-corrected chi connectivity index (χ2v) is 5.69. The third-order valence-electron chi connectivity index (χ3n) is 4.46. The van der Waals surface area contributed by atoms with Crippen LogP contribution in [0.1, 0.15) is 51.8 Å². The summed E-state index contributed by atoms with van der Waals surface area (Å²) in [5.41, 5.74) is -0.0288. The van der Waals surface area contributed by atoms with Crippen molar-refractivity contribution in [1.82, 2.24) is 20.1 Å². The van der Waals surface area contributed by atoms with E-state index < -0.39 is 0 Å². The molecule has 5 nitrogen and oxygen atoms in total. The summed E-state index contributed by atoms with van der Waals surface area (Å²) < 4.78 is 7.97. The molecule has 2 rings (SSSR count). The van der Waals surface area contributed by atoms with Crippen LogP contribution >= 0.6 is 0 Å². The lowest BCUT2D eigenvalue weighted by atomic mass is 9.89. The highest BCUT2D eigenvalue weighted by molar-refractivity contribution is 5.02. The standard InChI is InChI=1S/C15H28N4O/c1-4-10-19-14(17-12-18-19)11-13(16-5-2)15(20-3)8-6-7-9-15/h12-13,16H,4-11H2,1-3H3. The summed E-state index contributed by atoms with van der Waals surface area (Å²) in [5.74, 6) is 1.07. The van der Waals surface area contributed by atoms with Crippen LogP contribution in [0.3, 0.4) is 0 Å². The Morgan fingerprint density at radius 1 is 1.40 bits per heavy atom. The minimum atomic E-state index is -0.0288.